The van der Waals surface area contributed by atoms with Crippen LogP contribution >= 0.6 is 0 Å². The van der Waals surface area contributed by atoms with Crippen molar-refractivity contribution in [3.63, 3.8) is 0 Å². The zero-order chi connectivity index (χ0) is 17.6. The molecule has 6 nitrogen and oxygen atoms in total. The van der Waals surface area contributed by atoms with Crippen LogP contribution in [0, 0.1) is 0 Å². The monoisotopic (exact) mass is 332 g/mol. The van der Waals surface area contributed by atoms with Crippen molar-refractivity contribution >= 4 is 33.6 Å². The van der Waals surface area contributed by atoms with Crippen molar-refractivity contribution in [1.29, 1.82) is 0 Å². The van der Waals surface area contributed by atoms with Crippen molar-refractivity contribution in [1.82, 2.24) is 9.97 Å². The molecule has 0 saturated heterocycles. The first-order valence-corrected chi connectivity index (χ1v) is 7.56. The van der Waals surface area contributed by atoms with E-state index >= 15 is 0 Å². The molecule has 0 aliphatic carbocycles. The molecule has 0 aliphatic rings. The minimum atomic E-state index is -1.14. The van der Waals surface area contributed by atoms with Gasteiger partial charge in [-0.2, -0.15) is 0 Å². The lowest BCUT2D eigenvalue weighted by Crippen LogP contribution is -2.08. The van der Waals surface area contributed by atoms with Crippen LogP contribution < -0.4 is 5.56 Å². The van der Waals surface area contributed by atoms with Gasteiger partial charge in [0, 0.05) is 33.6 Å². The van der Waals surface area contributed by atoms with Crippen LogP contribution in [0.1, 0.15) is 26.3 Å². The van der Waals surface area contributed by atoms with E-state index in [0.717, 1.165) is 0 Å². The summed E-state index contributed by atoms with van der Waals surface area (Å²) in [5, 5.41) is 10.2. The number of hydrogen-bond donors (Lipinski definition) is 3. The third kappa shape index (κ3) is 2.31. The van der Waals surface area contributed by atoms with Crippen LogP contribution in [0.5, 0.6) is 0 Å². The van der Waals surface area contributed by atoms with Crippen molar-refractivity contribution in [2.24, 2.45) is 0 Å². The number of H-pyrrole nitrogens is 2. The molecule has 0 spiro atoms. The highest BCUT2D eigenvalue weighted by molar-refractivity contribution is 6.17. The fraction of sp³-hybridized carbons (Fsp3) is 0. The number of aromatic carboxylic acids is 1. The first-order chi connectivity index (χ1) is 12.1. The van der Waals surface area contributed by atoms with Crippen LogP contribution in [0.15, 0.2) is 59.5 Å². The predicted molar refractivity (Wildman–Crippen MR) is 93.3 cm³/mol. The molecule has 2 aromatic carbocycles. The second-order valence-corrected chi connectivity index (χ2v) is 5.67. The summed E-state index contributed by atoms with van der Waals surface area (Å²) in [7, 11) is 0. The van der Waals surface area contributed by atoms with Gasteiger partial charge in [-0.25, -0.2) is 4.79 Å². The number of hydrogen-bond acceptors (Lipinski definition) is 3. The number of aromatic amines is 2. The lowest BCUT2D eigenvalue weighted by molar-refractivity contribution is 0.0699. The Morgan fingerprint density at radius 1 is 0.960 bits per heavy atom. The van der Waals surface area contributed by atoms with Gasteiger partial charge < -0.3 is 15.1 Å². The standard InChI is InChI=1S/C19H12N2O4/c22-17(10-4-2-1-3-5-10)11-6-7-14-12(8-11)15-13(19(24)25)9-20-16(15)18(23)21-14/h1-9,20H,(H,21,23)(H,24,25). The van der Waals surface area contributed by atoms with E-state index in [1.165, 1.54) is 6.20 Å². The largest absolute Gasteiger partial charge is 0.478 e. The SMILES string of the molecule is O=C(c1ccccc1)c1ccc2[nH]c(=O)c3[nH]cc(C(=O)O)c3c2c1. The summed E-state index contributed by atoms with van der Waals surface area (Å²) in [5.74, 6) is -1.31. The van der Waals surface area contributed by atoms with Crippen molar-refractivity contribution in [3.05, 3.63) is 81.8 Å². The summed E-state index contributed by atoms with van der Waals surface area (Å²) >= 11 is 0. The summed E-state index contributed by atoms with van der Waals surface area (Å²) in [5.41, 5.74) is 1.20. The number of carboxylic acids is 1. The lowest BCUT2D eigenvalue weighted by atomic mass is 9.99. The maximum atomic E-state index is 12.7. The smallest absolute Gasteiger partial charge is 0.337 e. The number of carbonyl (C=O) groups excluding carboxylic acids is 1. The molecule has 0 fully saturated rings. The molecule has 4 aromatic rings. The average Bonchev–Trinajstić information content (AvgIpc) is 3.08. The second-order valence-electron chi connectivity index (χ2n) is 5.67. The Hall–Kier alpha value is -3.67. The van der Waals surface area contributed by atoms with Crippen molar-refractivity contribution in [3.8, 4) is 0 Å². The van der Waals surface area contributed by atoms with Gasteiger partial charge in [-0.3, -0.25) is 9.59 Å². The van der Waals surface area contributed by atoms with Crippen LogP contribution in [0.4, 0.5) is 0 Å². The molecule has 2 heterocycles. The first kappa shape index (κ1) is 14.9. The third-order valence-electron chi connectivity index (χ3n) is 4.17. The highest BCUT2D eigenvalue weighted by Gasteiger charge is 2.18. The number of carbonyl (C=O) groups is 2. The molecular weight excluding hydrogens is 320 g/mol. The van der Waals surface area contributed by atoms with Crippen molar-refractivity contribution in [2.75, 3.05) is 0 Å². The quantitative estimate of drug-likeness (QED) is 0.502. The predicted octanol–water partition coefficient (Wildman–Crippen LogP) is 2.94. The molecule has 0 radical (unpaired) electrons. The molecule has 0 atom stereocenters. The summed E-state index contributed by atoms with van der Waals surface area (Å²) in [6.45, 7) is 0. The van der Waals surface area contributed by atoms with Gasteiger partial charge in [0.1, 0.15) is 5.52 Å². The van der Waals surface area contributed by atoms with E-state index in [-0.39, 0.29) is 16.9 Å². The maximum Gasteiger partial charge on any atom is 0.337 e. The summed E-state index contributed by atoms with van der Waals surface area (Å²) in [6.07, 6.45) is 1.29. The number of benzene rings is 2. The fourth-order valence-electron chi connectivity index (χ4n) is 2.99. The van der Waals surface area contributed by atoms with E-state index in [0.29, 0.717) is 27.4 Å². The molecule has 0 bridgehead atoms. The topological polar surface area (TPSA) is 103 Å². The highest BCUT2D eigenvalue weighted by atomic mass is 16.4. The minimum Gasteiger partial charge on any atom is -0.478 e. The number of ketones is 1. The minimum absolute atomic E-state index is 0.00425. The Morgan fingerprint density at radius 3 is 2.44 bits per heavy atom. The van der Waals surface area contributed by atoms with E-state index in [4.69, 9.17) is 0 Å². The van der Waals surface area contributed by atoms with Gasteiger partial charge in [0.2, 0.25) is 0 Å². The van der Waals surface area contributed by atoms with Gasteiger partial charge in [-0.05, 0) is 18.2 Å². The molecule has 0 unspecified atom stereocenters. The Bertz CT molecular complexity index is 1200. The fourth-order valence-corrected chi connectivity index (χ4v) is 2.99. The number of carboxylic acid groups (broad SMARTS) is 1. The molecule has 0 aliphatic heterocycles. The number of fused-ring (bicyclic) bond motifs is 3. The second kappa shape index (κ2) is 5.45. The summed E-state index contributed by atoms with van der Waals surface area (Å²) in [6, 6.07) is 13.7. The third-order valence-corrected chi connectivity index (χ3v) is 4.17. The van der Waals surface area contributed by atoms with Crippen LogP contribution in [0.2, 0.25) is 0 Å². The normalized spacial score (nSPS) is 11.0. The lowest BCUT2D eigenvalue weighted by Gasteiger charge is -2.05. The van der Waals surface area contributed by atoms with E-state index in [9.17, 15) is 19.5 Å². The van der Waals surface area contributed by atoms with E-state index in [1.807, 2.05) is 6.07 Å². The molecule has 0 amide bonds. The van der Waals surface area contributed by atoms with E-state index in [1.54, 1.807) is 42.5 Å². The average molecular weight is 332 g/mol. The van der Waals surface area contributed by atoms with Crippen LogP contribution in [0.3, 0.4) is 0 Å². The van der Waals surface area contributed by atoms with Crippen LogP contribution in [0.25, 0.3) is 21.8 Å². The van der Waals surface area contributed by atoms with E-state index in [2.05, 4.69) is 9.97 Å². The molecule has 6 heteroatoms. The Kier molecular flexibility index (Phi) is 3.25. The Labute approximate surface area is 140 Å². The van der Waals surface area contributed by atoms with Crippen molar-refractivity contribution in [2.45, 2.75) is 0 Å². The van der Waals surface area contributed by atoms with Crippen molar-refractivity contribution < 1.29 is 14.7 Å². The van der Waals surface area contributed by atoms with Crippen LogP contribution in [-0.2, 0) is 0 Å². The highest BCUT2D eigenvalue weighted by Crippen LogP contribution is 2.26. The first-order valence-electron chi connectivity index (χ1n) is 7.56. The molecule has 2 aromatic heterocycles. The summed E-state index contributed by atoms with van der Waals surface area (Å²) in [4.78, 5) is 41.6. The van der Waals surface area contributed by atoms with Gasteiger partial charge >= 0.3 is 5.97 Å². The van der Waals surface area contributed by atoms with Gasteiger partial charge in [0.05, 0.1) is 5.56 Å². The molecule has 122 valence electrons. The zero-order valence-corrected chi connectivity index (χ0v) is 12.9. The molecule has 4 rings (SSSR count). The molecule has 25 heavy (non-hydrogen) atoms. The van der Waals surface area contributed by atoms with E-state index < -0.39 is 11.5 Å². The maximum absolute atomic E-state index is 12.7. The number of nitrogens with one attached hydrogen (secondary N) is 2. The van der Waals surface area contributed by atoms with Gasteiger partial charge in [0.25, 0.3) is 5.56 Å². The molecule has 0 saturated carbocycles. The van der Waals surface area contributed by atoms with Gasteiger partial charge in [-0.15, -0.1) is 0 Å². The number of rotatable bonds is 3. The van der Waals surface area contributed by atoms with Gasteiger partial charge in [-0.1, -0.05) is 30.3 Å². The van der Waals surface area contributed by atoms with Crippen LogP contribution in [-0.4, -0.2) is 26.8 Å². The number of aromatic nitrogens is 2. The molecular formula is C19H12N2O4. The Morgan fingerprint density at radius 2 is 1.72 bits per heavy atom. The van der Waals surface area contributed by atoms with Gasteiger partial charge in [0.15, 0.2) is 5.78 Å². The zero-order valence-electron chi connectivity index (χ0n) is 12.9. The Balaban J connectivity index is 2.02. The molecule has 3 N–H and O–H groups in total. The number of pyridine rings is 1. The summed E-state index contributed by atoms with van der Waals surface area (Å²) < 4.78 is 0.